The van der Waals surface area contributed by atoms with Crippen molar-refractivity contribution in [3.8, 4) is 17.2 Å². The Morgan fingerprint density at radius 3 is 2.32 bits per heavy atom. The third-order valence-electron chi connectivity index (χ3n) is 5.66. The average Bonchev–Trinajstić information content (AvgIpc) is 3.25. The van der Waals surface area contributed by atoms with Crippen molar-refractivity contribution in [2.75, 3.05) is 6.61 Å². The summed E-state index contributed by atoms with van der Waals surface area (Å²) in [5.41, 5.74) is 2.40. The summed E-state index contributed by atoms with van der Waals surface area (Å²) in [7, 11) is 0. The first-order valence-corrected chi connectivity index (χ1v) is 10.4. The minimum Gasteiger partial charge on any atom is -0.494 e. The number of ether oxygens (including phenoxy) is 1. The lowest BCUT2D eigenvalue weighted by molar-refractivity contribution is 0.309. The fourth-order valence-corrected chi connectivity index (χ4v) is 3.94. The summed E-state index contributed by atoms with van der Waals surface area (Å²) in [6, 6.07) is 18.8. The molecule has 1 saturated carbocycles. The molecule has 0 bridgehead atoms. The lowest BCUT2D eigenvalue weighted by atomic mass is 9.79. The molecule has 0 spiro atoms. The van der Waals surface area contributed by atoms with Gasteiger partial charge in [0.25, 0.3) is 0 Å². The Morgan fingerprint density at radius 2 is 1.61 bits per heavy atom. The standard InChI is InChI=1S/C24H28N2O2/c1-2-3-17-27-22-15-13-21(14-16-22)24-26-25-23(28-24)20-11-9-19(10-12-20)18-7-5-4-6-8-18/h4-8,13-16,19-20H,2-3,9-12,17H2,1H3. The van der Waals surface area contributed by atoms with Crippen LogP contribution in [0.5, 0.6) is 5.75 Å². The molecule has 2 aromatic carbocycles. The number of aromatic nitrogens is 2. The molecule has 0 aliphatic heterocycles. The van der Waals surface area contributed by atoms with Gasteiger partial charge in [-0.1, -0.05) is 43.7 Å². The Hall–Kier alpha value is -2.62. The molecule has 0 unspecified atom stereocenters. The minimum absolute atomic E-state index is 0.373. The normalized spacial score (nSPS) is 19.5. The first kappa shape index (κ1) is 18.7. The van der Waals surface area contributed by atoms with Crippen LogP contribution in [0.3, 0.4) is 0 Å². The van der Waals surface area contributed by atoms with Crippen molar-refractivity contribution in [2.24, 2.45) is 0 Å². The summed E-state index contributed by atoms with van der Waals surface area (Å²) in [6.07, 6.45) is 6.76. The van der Waals surface area contributed by atoms with E-state index in [0.717, 1.165) is 49.5 Å². The Bertz CT molecular complexity index is 850. The van der Waals surface area contributed by atoms with Gasteiger partial charge in [0.2, 0.25) is 11.8 Å². The highest BCUT2D eigenvalue weighted by atomic mass is 16.5. The molecule has 4 rings (SSSR count). The molecule has 0 saturated heterocycles. The molecule has 1 fully saturated rings. The maximum atomic E-state index is 6.03. The second-order valence-corrected chi connectivity index (χ2v) is 7.63. The summed E-state index contributed by atoms with van der Waals surface area (Å²) >= 11 is 0. The molecule has 4 heteroatoms. The van der Waals surface area contributed by atoms with E-state index in [4.69, 9.17) is 9.15 Å². The number of rotatable bonds is 7. The van der Waals surface area contributed by atoms with E-state index in [2.05, 4.69) is 47.5 Å². The van der Waals surface area contributed by atoms with E-state index < -0.39 is 0 Å². The lowest BCUT2D eigenvalue weighted by Crippen LogP contribution is -2.12. The van der Waals surface area contributed by atoms with Gasteiger partial charge in [-0.05, 0) is 67.9 Å². The molecule has 146 valence electrons. The molecule has 0 N–H and O–H groups in total. The monoisotopic (exact) mass is 376 g/mol. The van der Waals surface area contributed by atoms with Crippen LogP contribution in [0.15, 0.2) is 59.0 Å². The summed E-state index contributed by atoms with van der Waals surface area (Å²) in [4.78, 5) is 0. The quantitative estimate of drug-likeness (QED) is 0.450. The molecule has 0 amide bonds. The fourth-order valence-electron chi connectivity index (χ4n) is 3.94. The zero-order chi connectivity index (χ0) is 19.2. The number of hydrogen-bond donors (Lipinski definition) is 0. The second-order valence-electron chi connectivity index (χ2n) is 7.63. The van der Waals surface area contributed by atoms with Gasteiger partial charge in [0.15, 0.2) is 0 Å². The van der Waals surface area contributed by atoms with Crippen molar-refractivity contribution >= 4 is 0 Å². The van der Waals surface area contributed by atoms with Crippen molar-refractivity contribution in [3.63, 3.8) is 0 Å². The second kappa shape index (κ2) is 9.05. The number of nitrogens with zero attached hydrogens (tertiary/aromatic N) is 2. The van der Waals surface area contributed by atoms with Crippen LogP contribution in [0.25, 0.3) is 11.5 Å². The van der Waals surface area contributed by atoms with Crippen molar-refractivity contribution in [3.05, 3.63) is 66.1 Å². The number of benzene rings is 2. The highest BCUT2D eigenvalue weighted by molar-refractivity contribution is 5.54. The van der Waals surface area contributed by atoms with Gasteiger partial charge in [-0.15, -0.1) is 10.2 Å². The van der Waals surface area contributed by atoms with Gasteiger partial charge in [-0.25, -0.2) is 0 Å². The van der Waals surface area contributed by atoms with Crippen LogP contribution in [0.2, 0.25) is 0 Å². The summed E-state index contributed by atoms with van der Waals surface area (Å²) < 4.78 is 11.7. The van der Waals surface area contributed by atoms with Crippen molar-refractivity contribution in [1.29, 1.82) is 0 Å². The van der Waals surface area contributed by atoms with Gasteiger partial charge in [0.05, 0.1) is 6.61 Å². The Labute approximate surface area is 167 Å². The molecule has 1 aliphatic carbocycles. The van der Waals surface area contributed by atoms with Gasteiger partial charge >= 0.3 is 0 Å². The van der Waals surface area contributed by atoms with Crippen LogP contribution in [0, 0.1) is 0 Å². The van der Waals surface area contributed by atoms with Crippen molar-refractivity contribution < 1.29 is 9.15 Å². The molecule has 1 aliphatic rings. The molecule has 0 atom stereocenters. The van der Waals surface area contributed by atoms with Crippen LogP contribution in [-0.2, 0) is 0 Å². The zero-order valence-corrected chi connectivity index (χ0v) is 16.5. The van der Waals surface area contributed by atoms with Gasteiger partial charge < -0.3 is 9.15 Å². The smallest absolute Gasteiger partial charge is 0.247 e. The van der Waals surface area contributed by atoms with E-state index in [0.29, 0.717) is 17.7 Å². The molecule has 1 aromatic heterocycles. The number of hydrogen-bond acceptors (Lipinski definition) is 4. The van der Waals surface area contributed by atoms with Crippen LogP contribution < -0.4 is 4.74 Å². The van der Waals surface area contributed by atoms with Crippen LogP contribution in [0.4, 0.5) is 0 Å². The van der Waals surface area contributed by atoms with E-state index in [9.17, 15) is 0 Å². The maximum Gasteiger partial charge on any atom is 0.247 e. The summed E-state index contributed by atoms with van der Waals surface area (Å²) in [5.74, 6) is 3.29. The van der Waals surface area contributed by atoms with E-state index in [-0.39, 0.29) is 0 Å². The highest BCUT2D eigenvalue weighted by Gasteiger charge is 2.27. The third kappa shape index (κ3) is 4.44. The number of unbranched alkanes of at least 4 members (excludes halogenated alkanes) is 1. The van der Waals surface area contributed by atoms with E-state index in [1.807, 2.05) is 24.3 Å². The molecular formula is C24H28N2O2. The van der Waals surface area contributed by atoms with Crippen molar-refractivity contribution in [2.45, 2.75) is 57.3 Å². The molecule has 0 radical (unpaired) electrons. The topological polar surface area (TPSA) is 48.2 Å². The summed E-state index contributed by atoms with van der Waals surface area (Å²) in [5, 5.41) is 8.64. The van der Waals surface area contributed by atoms with Crippen LogP contribution in [0.1, 0.15) is 68.7 Å². The molecule has 28 heavy (non-hydrogen) atoms. The largest absolute Gasteiger partial charge is 0.494 e. The minimum atomic E-state index is 0.373. The van der Waals surface area contributed by atoms with Gasteiger partial charge in [-0.2, -0.15) is 0 Å². The Balaban J connectivity index is 1.36. The first-order valence-electron chi connectivity index (χ1n) is 10.4. The van der Waals surface area contributed by atoms with Crippen LogP contribution in [-0.4, -0.2) is 16.8 Å². The molecule has 3 aromatic rings. The fraction of sp³-hybridized carbons (Fsp3) is 0.417. The highest BCUT2D eigenvalue weighted by Crippen LogP contribution is 2.40. The van der Waals surface area contributed by atoms with Crippen molar-refractivity contribution in [1.82, 2.24) is 10.2 Å². The van der Waals surface area contributed by atoms with Gasteiger partial charge in [0, 0.05) is 11.5 Å². The van der Waals surface area contributed by atoms with E-state index in [1.54, 1.807) is 0 Å². The SMILES string of the molecule is CCCCOc1ccc(-c2nnc(C3CCC(c4ccccc4)CC3)o2)cc1. The lowest BCUT2D eigenvalue weighted by Gasteiger charge is -2.26. The third-order valence-corrected chi connectivity index (χ3v) is 5.66. The predicted molar refractivity (Wildman–Crippen MR) is 111 cm³/mol. The molecule has 4 nitrogen and oxygen atoms in total. The first-order chi connectivity index (χ1) is 13.8. The molecular weight excluding hydrogens is 348 g/mol. The Morgan fingerprint density at radius 1 is 0.893 bits per heavy atom. The Kier molecular flexibility index (Phi) is 6.05. The van der Waals surface area contributed by atoms with Crippen LogP contribution >= 0.6 is 0 Å². The maximum absolute atomic E-state index is 6.03. The van der Waals surface area contributed by atoms with E-state index >= 15 is 0 Å². The predicted octanol–water partition coefficient (Wildman–Crippen LogP) is 6.36. The van der Waals surface area contributed by atoms with E-state index in [1.165, 1.54) is 18.4 Å². The average molecular weight is 377 g/mol. The summed E-state index contributed by atoms with van der Waals surface area (Å²) in [6.45, 7) is 2.92. The van der Waals surface area contributed by atoms with Gasteiger partial charge in [0.1, 0.15) is 5.75 Å². The molecule has 1 heterocycles. The zero-order valence-electron chi connectivity index (χ0n) is 16.5. The van der Waals surface area contributed by atoms with Gasteiger partial charge in [-0.3, -0.25) is 0 Å².